The predicted molar refractivity (Wildman–Crippen MR) is 69.9 cm³/mol. The maximum Gasteiger partial charge on any atom is 0.295 e. The first-order valence-electron chi connectivity index (χ1n) is 6.08. The van der Waals surface area contributed by atoms with Crippen molar-refractivity contribution in [1.82, 2.24) is 0 Å². The molecule has 0 aromatic heterocycles. The highest BCUT2D eigenvalue weighted by Gasteiger charge is 2.38. The molecule has 1 fully saturated rings. The molecule has 1 aliphatic rings. The monoisotopic (exact) mass is 250 g/mol. The molecule has 5 heteroatoms. The van der Waals surface area contributed by atoms with Crippen molar-refractivity contribution in [3.05, 3.63) is 33.9 Å². The first kappa shape index (κ1) is 12.8. The van der Waals surface area contributed by atoms with Crippen molar-refractivity contribution in [3.8, 4) is 0 Å². The predicted octanol–water partition coefficient (Wildman–Crippen LogP) is 2.88. The average molecular weight is 250 g/mol. The molecule has 1 aliphatic heterocycles. The highest BCUT2D eigenvalue weighted by atomic mass is 16.6. The molecule has 0 bridgehead atoms. The molecule has 1 heterocycles. The second-order valence-corrected chi connectivity index (χ2v) is 5.03. The van der Waals surface area contributed by atoms with Crippen LogP contribution in [0.25, 0.3) is 0 Å². The lowest BCUT2D eigenvalue weighted by Gasteiger charge is -2.30. The molecule has 1 N–H and O–H groups in total. The number of para-hydroxylation sites is 1. The summed E-state index contributed by atoms with van der Waals surface area (Å²) < 4.78 is 5.54. The summed E-state index contributed by atoms with van der Waals surface area (Å²) in [5, 5.41) is 14.4. The lowest BCUT2D eigenvalue weighted by atomic mass is 9.94. The normalized spacial score (nSPS) is 27.2. The third-order valence-corrected chi connectivity index (χ3v) is 3.73. The van der Waals surface area contributed by atoms with Crippen molar-refractivity contribution < 1.29 is 9.66 Å². The minimum absolute atomic E-state index is 0.0395. The summed E-state index contributed by atoms with van der Waals surface area (Å²) in [6, 6.07) is 5.33. The van der Waals surface area contributed by atoms with Crippen LogP contribution in [0.3, 0.4) is 0 Å². The maximum absolute atomic E-state index is 11.1. The Hall–Kier alpha value is -1.62. The van der Waals surface area contributed by atoms with E-state index in [4.69, 9.17) is 4.74 Å². The van der Waals surface area contributed by atoms with Crippen LogP contribution in [0.5, 0.6) is 0 Å². The number of nitrogens with one attached hydrogen (secondary N) is 1. The third-order valence-electron chi connectivity index (χ3n) is 3.73. The average Bonchev–Trinajstić information content (AvgIpc) is 2.58. The van der Waals surface area contributed by atoms with Crippen LogP contribution >= 0.6 is 0 Å². The van der Waals surface area contributed by atoms with E-state index in [1.54, 1.807) is 19.1 Å². The molecule has 1 saturated heterocycles. The van der Waals surface area contributed by atoms with Gasteiger partial charge in [0.25, 0.3) is 5.69 Å². The Labute approximate surface area is 106 Å². The van der Waals surface area contributed by atoms with Gasteiger partial charge in [0.2, 0.25) is 0 Å². The Bertz CT molecular complexity index is 475. The van der Waals surface area contributed by atoms with Crippen LogP contribution in [0.15, 0.2) is 18.2 Å². The molecule has 0 saturated carbocycles. The van der Waals surface area contributed by atoms with E-state index in [9.17, 15) is 10.1 Å². The molecule has 2 atom stereocenters. The van der Waals surface area contributed by atoms with Gasteiger partial charge in [-0.3, -0.25) is 10.1 Å². The first-order chi connectivity index (χ1) is 8.44. The smallest absolute Gasteiger partial charge is 0.295 e. The second-order valence-electron chi connectivity index (χ2n) is 5.03. The van der Waals surface area contributed by atoms with Crippen LogP contribution in [-0.4, -0.2) is 23.2 Å². The Kier molecular flexibility index (Phi) is 3.26. The van der Waals surface area contributed by atoms with Gasteiger partial charge in [0.15, 0.2) is 0 Å². The number of nitro benzene ring substituents is 1. The summed E-state index contributed by atoms with van der Waals surface area (Å²) in [7, 11) is 0. The number of anilines is 1. The van der Waals surface area contributed by atoms with E-state index >= 15 is 0 Å². The van der Waals surface area contributed by atoms with E-state index in [1.165, 1.54) is 0 Å². The van der Waals surface area contributed by atoms with Gasteiger partial charge in [0.05, 0.1) is 16.6 Å². The number of hydrogen-bond acceptors (Lipinski definition) is 4. The molecule has 1 aromatic carbocycles. The topological polar surface area (TPSA) is 64.4 Å². The number of nitro groups is 1. The fraction of sp³-hybridized carbons (Fsp3) is 0.538. The number of aryl methyl sites for hydroxylation is 1. The van der Waals surface area contributed by atoms with Gasteiger partial charge in [0.1, 0.15) is 5.69 Å². The van der Waals surface area contributed by atoms with Crippen molar-refractivity contribution >= 4 is 11.4 Å². The molecule has 2 unspecified atom stereocenters. The molecule has 5 nitrogen and oxygen atoms in total. The number of benzene rings is 1. The third kappa shape index (κ3) is 2.18. The van der Waals surface area contributed by atoms with Gasteiger partial charge >= 0.3 is 0 Å². The summed E-state index contributed by atoms with van der Waals surface area (Å²) >= 11 is 0. The fourth-order valence-electron chi connectivity index (χ4n) is 2.31. The van der Waals surface area contributed by atoms with Crippen molar-refractivity contribution in [2.75, 3.05) is 11.9 Å². The van der Waals surface area contributed by atoms with Crippen molar-refractivity contribution in [2.24, 2.45) is 0 Å². The van der Waals surface area contributed by atoms with E-state index in [0.29, 0.717) is 17.9 Å². The zero-order valence-corrected chi connectivity index (χ0v) is 10.9. The molecular weight excluding hydrogens is 232 g/mol. The number of hydrogen-bond donors (Lipinski definition) is 1. The lowest BCUT2D eigenvalue weighted by molar-refractivity contribution is -0.384. The Balaban J connectivity index is 2.35. The van der Waals surface area contributed by atoms with Crippen LogP contribution in [-0.2, 0) is 4.74 Å². The van der Waals surface area contributed by atoms with Gasteiger partial charge in [-0.05, 0) is 33.3 Å². The minimum Gasteiger partial charge on any atom is -0.376 e. The molecule has 1 aromatic rings. The van der Waals surface area contributed by atoms with Gasteiger partial charge in [-0.1, -0.05) is 12.1 Å². The summed E-state index contributed by atoms with van der Waals surface area (Å²) in [6.45, 7) is 6.46. The highest BCUT2D eigenvalue weighted by molar-refractivity contribution is 5.66. The van der Waals surface area contributed by atoms with E-state index < -0.39 is 0 Å². The van der Waals surface area contributed by atoms with Gasteiger partial charge in [-0.15, -0.1) is 0 Å². The van der Waals surface area contributed by atoms with Gasteiger partial charge in [-0.2, -0.15) is 0 Å². The maximum atomic E-state index is 11.1. The van der Waals surface area contributed by atoms with Crippen LogP contribution in [0.4, 0.5) is 11.4 Å². The number of ether oxygens (including phenoxy) is 1. The fourth-order valence-corrected chi connectivity index (χ4v) is 2.31. The van der Waals surface area contributed by atoms with E-state index in [0.717, 1.165) is 6.42 Å². The zero-order valence-electron chi connectivity index (χ0n) is 10.9. The summed E-state index contributed by atoms with van der Waals surface area (Å²) in [5.74, 6) is 0. The molecule has 0 radical (unpaired) electrons. The van der Waals surface area contributed by atoms with E-state index in [-0.39, 0.29) is 22.3 Å². The molecule has 0 aliphatic carbocycles. The Morgan fingerprint density at radius 2 is 2.28 bits per heavy atom. The quantitative estimate of drug-likeness (QED) is 0.661. The molecule has 98 valence electrons. The van der Waals surface area contributed by atoms with Gasteiger partial charge < -0.3 is 10.1 Å². The number of nitrogens with zero attached hydrogens (tertiary/aromatic N) is 1. The molecule has 0 amide bonds. The Morgan fingerprint density at radius 1 is 1.56 bits per heavy atom. The minimum atomic E-state index is -0.332. The largest absolute Gasteiger partial charge is 0.376 e. The zero-order chi connectivity index (χ0) is 13.3. The molecule has 18 heavy (non-hydrogen) atoms. The highest BCUT2D eigenvalue weighted by Crippen LogP contribution is 2.35. The summed E-state index contributed by atoms with van der Waals surface area (Å²) in [6.07, 6.45) is 0.886. The van der Waals surface area contributed by atoms with Crippen molar-refractivity contribution in [1.29, 1.82) is 0 Å². The van der Waals surface area contributed by atoms with E-state index in [1.807, 2.05) is 19.9 Å². The summed E-state index contributed by atoms with van der Waals surface area (Å²) in [4.78, 5) is 10.8. The van der Waals surface area contributed by atoms with Gasteiger partial charge in [0, 0.05) is 12.2 Å². The summed E-state index contributed by atoms with van der Waals surface area (Å²) in [5.41, 5.74) is 1.14. The second kappa shape index (κ2) is 4.57. The molecule has 0 spiro atoms. The molecule has 2 rings (SSSR count). The Morgan fingerprint density at radius 3 is 2.83 bits per heavy atom. The van der Waals surface area contributed by atoms with Crippen LogP contribution in [0.2, 0.25) is 0 Å². The lowest BCUT2D eigenvalue weighted by Crippen LogP contribution is -2.41. The van der Waals surface area contributed by atoms with E-state index in [2.05, 4.69) is 5.32 Å². The SMILES string of the molecule is Cc1cccc(NC2(C)CCOC2C)c1[N+](=O)[O-]. The van der Waals surface area contributed by atoms with Crippen LogP contribution in [0.1, 0.15) is 25.8 Å². The van der Waals surface area contributed by atoms with Crippen molar-refractivity contribution in [2.45, 2.75) is 38.8 Å². The van der Waals surface area contributed by atoms with Crippen LogP contribution < -0.4 is 5.32 Å². The first-order valence-corrected chi connectivity index (χ1v) is 6.08. The van der Waals surface area contributed by atoms with Crippen molar-refractivity contribution in [3.63, 3.8) is 0 Å². The molecular formula is C13H18N2O3. The van der Waals surface area contributed by atoms with Crippen LogP contribution in [0, 0.1) is 17.0 Å². The van der Waals surface area contributed by atoms with Gasteiger partial charge in [-0.25, -0.2) is 0 Å². The standard InChI is InChI=1S/C13H18N2O3/c1-9-5-4-6-11(12(9)15(16)17)14-13(3)7-8-18-10(13)2/h4-6,10,14H,7-8H2,1-3H3. The number of rotatable bonds is 3.